The average molecular weight is 725 g/mol. The highest BCUT2D eigenvalue weighted by Gasteiger charge is 2.30. The van der Waals surface area contributed by atoms with Gasteiger partial charge in [0.2, 0.25) is 11.8 Å². The molecule has 0 bridgehead atoms. The number of likely N-dealkylation sites (tertiary alicyclic amines) is 1. The van der Waals surface area contributed by atoms with Gasteiger partial charge in [-0.3, -0.25) is 34.4 Å². The summed E-state index contributed by atoms with van der Waals surface area (Å²) in [6.45, 7) is 3.92. The highest BCUT2D eigenvalue weighted by molar-refractivity contribution is 6.32. The van der Waals surface area contributed by atoms with Crippen molar-refractivity contribution in [2.45, 2.75) is 51.0 Å². The molecule has 52 heavy (non-hydrogen) atoms. The highest BCUT2D eigenvalue weighted by Crippen LogP contribution is 2.38. The van der Waals surface area contributed by atoms with E-state index in [0.29, 0.717) is 41.5 Å². The minimum absolute atomic E-state index is 0.0736. The van der Waals surface area contributed by atoms with Crippen molar-refractivity contribution in [3.8, 4) is 16.9 Å². The lowest BCUT2D eigenvalue weighted by atomic mass is 9.88. The van der Waals surface area contributed by atoms with E-state index in [9.17, 15) is 19.2 Å². The molecule has 11 nitrogen and oxygen atoms in total. The molecule has 2 aromatic carbocycles. The van der Waals surface area contributed by atoms with E-state index in [1.54, 1.807) is 31.1 Å². The fourth-order valence-electron chi connectivity index (χ4n) is 7.94. The zero-order chi connectivity index (χ0) is 36.4. The minimum Gasteiger partial charge on any atom is -0.496 e. The van der Waals surface area contributed by atoms with Gasteiger partial charge < -0.3 is 19.5 Å². The van der Waals surface area contributed by atoms with Crippen molar-refractivity contribution >= 4 is 51.3 Å². The van der Waals surface area contributed by atoms with Crippen molar-refractivity contribution < 1.29 is 19.1 Å². The van der Waals surface area contributed by atoms with Gasteiger partial charge in [-0.2, -0.15) is 0 Å². The first-order chi connectivity index (χ1) is 25.2. The summed E-state index contributed by atoms with van der Waals surface area (Å²) in [5.74, 6) is 1.08. The second kappa shape index (κ2) is 15.5. The number of nitrogens with zero attached hydrogens (tertiary/aromatic N) is 4. The van der Waals surface area contributed by atoms with Crippen LogP contribution in [-0.4, -0.2) is 77.9 Å². The summed E-state index contributed by atoms with van der Waals surface area (Å²) in [5.41, 5.74) is 4.62. The maximum absolute atomic E-state index is 13.4. The number of aromatic nitrogens is 2. The SMILES string of the molecule is COc1cc(-c2cn(C)c(=O)c3cnccc23)cc(Cl)c1CC1CCN(CC(=O)C2CCN(c3ccc(NC4CCC(=O)NC4=O)cc3)CC2)CC1. The van der Waals surface area contributed by atoms with Crippen molar-refractivity contribution in [1.29, 1.82) is 0 Å². The van der Waals surface area contributed by atoms with E-state index >= 15 is 0 Å². The van der Waals surface area contributed by atoms with E-state index in [-0.39, 0.29) is 23.3 Å². The first-order valence-electron chi connectivity index (χ1n) is 18.2. The zero-order valence-corrected chi connectivity index (χ0v) is 30.5. The molecule has 7 rings (SSSR count). The molecule has 3 aliphatic rings. The van der Waals surface area contributed by atoms with Gasteiger partial charge in [0.25, 0.3) is 5.56 Å². The fraction of sp³-hybridized carbons (Fsp3) is 0.425. The molecular formula is C40H45ClN6O5. The standard InChI is InChI=1S/C40H45ClN6O5/c1-45-23-33(30-9-14-42-22-32(30)40(45)51)27-20-34(41)31(37(21-27)52-2)19-25-10-15-46(16-11-25)24-36(48)26-12-17-47(18-13-26)29-5-3-28(4-6-29)43-35-7-8-38(49)44-39(35)50/h3-6,9,14,20-23,25-26,35,43H,7-8,10-13,15-19,24H2,1-2H3,(H,44,49,50). The summed E-state index contributed by atoms with van der Waals surface area (Å²) in [7, 11) is 3.41. The van der Waals surface area contributed by atoms with E-state index < -0.39 is 6.04 Å². The Kier molecular flexibility index (Phi) is 10.6. The number of carbonyl (C=O) groups is 3. The predicted octanol–water partition coefficient (Wildman–Crippen LogP) is 5.22. The van der Waals surface area contributed by atoms with Gasteiger partial charge in [0, 0.05) is 78.6 Å². The number of halogens is 1. The number of benzene rings is 2. The van der Waals surface area contributed by atoms with Crippen LogP contribution >= 0.6 is 11.6 Å². The summed E-state index contributed by atoms with van der Waals surface area (Å²) < 4.78 is 7.44. The van der Waals surface area contributed by atoms with E-state index in [4.69, 9.17) is 16.3 Å². The molecule has 12 heteroatoms. The number of aryl methyl sites for hydroxylation is 1. The number of methoxy groups -OCH3 is 1. The van der Waals surface area contributed by atoms with Gasteiger partial charge in [-0.05, 0) is 111 Å². The molecule has 4 aromatic rings. The molecule has 1 unspecified atom stereocenters. The Hall–Kier alpha value is -4.74. The van der Waals surface area contributed by atoms with Crippen molar-refractivity contribution in [2.24, 2.45) is 18.9 Å². The van der Waals surface area contributed by atoms with Crippen LogP contribution in [0, 0.1) is 11.8 Å². The van der Waals surface area contributed by atoms with E-state index in [0.717, 1.165) is 97.5 Å². The summed E-state index contributed by atoms with van der Waals surface area (Å²) >= 11 is 6.94. The highest BCUT2D eigenvalue weighted by atomic mass is 35.5. The largest absolute Gasteiger partial charge is 0.496 e. The number of imide groups is 1. The number of nitrogens with one attached hydrogen (secondary N) is 2. The molecule has 272 valence electrons. The molecule has 0 spiro atoms. The molecule has 3 saturated heterocycles. The number of anilines is 2. The van der Waals surface area contributed by atoms with E-state index in [1.807, 2.05) is 48.7 Å². The summed E-state index contributed by atoms with van der Waals surface area (Å²) in [5, 5.41) is 7.64. The van der Waals surface area contributed by atoms with Crippen LogP contribution in [0.2, 0.25) is 5.02 Å². The number of hydrogen-bond acceptors (Lipinski definition) is 9. The molecule has 0 radical (unpaired) electrons. The van der Waals surface area contributed by atoms with Crippen molar-refractivity contribution in [1.82, 2.24) is 19.8 Å². The molecular weight excluding hydrogens is 680 g/mol. The number of piperidine rings is 3. The second-order valence-corrected chi connectivity index (χ2v) is 14.8. The normalized spacial score (nSPS) is 19.1. The molecule has 5 heterocycles. The molecule has 3 fully saturated rings. The van der Waals surface area contributed by atoms with Gasteiger partial charge >= 0.3 is 0 Å². The van der Waals surface area contributed by atoms with Crippen LogP contribution in [0.25, 0.3) is 21.9 Å². The molecule has 2 aromatic heterocycles. The lowest BCUT2D eigenvalue weighted by molar-refractivity contribution is -0.133. The summed E-state index contributed by atoms with van der Waals surface area (Å²) in [6, 6.07) is 13.5. The quantitative estimate of drug-likeness (QED) is 0.212. The smallest absolute Gasteiger partial charge is 0.259 e. The van der Waals surface area contributed by atoms with Gasteiger partial charge in [-0.15, -0.1) is 0 Å². The number of ether oxygens (including phenoxy) is 1. The van der Waals surface area contributed by atoms with Gasteiger partial charge in [-0.1, -0.05) is 11.6 Å². The van der Waals surface area contributed by atoms with E-state index in [2.05, 4.69) is 25.4 Å². The van der Waals surface area contributed by atoms with Crippen LogP contribution in [-0.2, 0) is 27.9 Å². The second-order valence-electron chi connectivity index (χ2n) is 14.4. The molecule has 3 aliphatic heterocycles. The first kappa shape index (κ1) is 35.7. The number of amides is 2. The Morgan fingerprint density at radius 2 is 1.73 bits per heavy atom. The third kappa shape index (κ3) is 7.71. The number of rotatable bonds is 10. The Balaban J connectivity index is 0.893. The maximum Gasteiger partial charge on any atom is 0.259 e. The van der Waals surface area contributed by atoms with Crippen LogP contribution in [0.1, 0.15) is 44.1 Å². The maximum atomic E-state index is 13.4. The lowest BCUT2D eigenvalue weighted by Gasteiger charge is -2.35. The van der Waals surface area contributed by atoms with Crippen molar-refractivity contribution in [3.05, 3.63) is 82.0 Å². The van der Waals surface area contributed by atoms with Crippen LogP contribution < -0.4 is 25.8 Å². The third-order valence-electron chi connectivity index (χ3n) is 11.0. The fourth-order valence-corrected chi connectivity index (χ4v) is 8.22. The zero-order valence-electron chi connectivity index (χ0n) is 29.7. The third-order valence-corrected chi connectivity index (χ3v) is 11.3. The van der Waals surface area contributed by atoms with Crippen LogP contribution in [0.5, 0.6) is 5.75 Å². The Bertz CT molecular complexity index is 2030. The Morgan fingerprint density at radius 1 is 0.981 bits per heavy atom. The summed E-state index contributed by atoms with van der Waals surface area (Å²) in [4.78, 5) is 58.4. The van der Waals surface area contributed by atoms with E-state index in [1.165, 1.54) is 0 Å². The van der Waals surface area contributed by atoms with Gasteiger partial charge in [0.15, 0.2) is 0 Å². The van der Waals surface area contributed by atoms with Crippen LogP contribution in [0.3, 0.4) is 0 Å². The summed E-state index contributed by atoms with van der Waals surface area (Å²) in [6.07, 6.45) is 10.4. The minimum atomic E-state index is -0.406. The van der Waals surface area contributed by atoms with Gasteiger partial charge in [-0.25, -0.2) is 0 Å². The molecule has 2 N–H and O–H groups in total. The molecule has 2 amide bonds. The number of carbonyl (C=O) groups excluding carboxylic acids is 3. The van der Waals surface area contributed by atoms with Crippen LogP contribution in [0.4, 0.5) is 11.4 Å². The Morgan fingerprint density at radius 3 is 2.44 bits per heavy atom. The lowest BCUT2D eigenvalue weighted by Crippen LogP contribution is -2.47. The number of Topliss-reactive ketones (excluding diaryl/α,β-unsaturated/α-hetero) is 1. The topological polar surface area (TPSA) is 126 Å². The first-order valence-corrected chi connectivity index (χ1v) is 18.5. The van der Waals surface area contributed by atoms with Crippen molar-refractivity contribution in [2.75, 3.05) is 50.1 Å². The van der Waals surface area contributed by atoms with Gasteiger partial charge in [0.05, 0.1) is 19.0 Å². The number of fused-ring (bicyclic) bond motifs is 1. The number of pyridine rings is 2. The number of ketones is 1. The monoisotopic (exact) mass is 724 g/mol. The molecule has 0 saturated carbocycles. The molecule has 1 atom stereocenters. The van der Waals surface area contributed by atoms with Gasteiger partial charge in [0.1, 0.15) is 17.6 Å². The molecule has 0 aliphatic carbocycles. The number of hydrogen-bond donors (Lipinski definition) is 2. The van der Waals surface area contributed by atoms with Crippen molar-refractivity contribution in [3.63, 3.8) is 0 Å². The van der Waals surface area contributed by atoms with Crippen LogP contribution in [0.15, 0.2) is 65.8 Å². The average Bonchev–Trinajstić information content (AvgIpc) is 3.16. The Labute approximate surface area is 308 Å². The predicted molar refractivity (Wildman–Crippen MR) is 203 cm³/mol.